The summed E-state index contributed by atoms with van der Waals surface area (Å²) in [5.41, 5.74) is 0. The molecule has 1 rings (SSSR count). The van der Waals surface area contributed by atoms with E-state index in [1.165, 1.54) is 24.3 Å². The molecule has 0 atom stereocenters. The second kappa shape index (κ2) is 4.12. The van der Waals surface area contributed by atoms with Crippen LogP contribution in [0.3, 0.4) is 0 Å². The maximum absolute atomic E-state index is 11.2. The Hall–Kier alpha value is 0.750. The summed E-state index contributed by atoms with van der Waals surface area (Å²) in [5, 5.41) is 0. The predicted molar refractivity (Wildman–Crippen MR) is 60.7 cm³/mol. The monoisotopic (exact) mass is 286 g/mol. The Morgan fingerprint density at radius 3 is 2.45 bits per heavy atom. The van der Waals surface area contributed by atoms with E-state index < -0.39 is 7.20 Å². The van der Waals surface area contributed by atoms with Crippen molar-refractivity contribution in [2.24, 2.45) is 0 Å². The van der Waals surface area contributed by atoms with Crippen LogP contribution in [0, 0.1) is 0 Å². The zero-order chi connectivity index (χ0) is 8.32. The summed E-state index contributed by atoms with van der Waals surface area (Å²) in [4.78, 5) is 11.2. The maximum atomic E-state index is 11.2. The van der Waals surface area contributed by atoms with Crippen LogP contribution < -0.4 is 0 Å². The lowest BCUT2D eigenvalue weighted by Gasteiger charge is -2.26. The van der Waals surface area contributed by atoms with Crippen LogP contribution in [0.15, 0.2) is 0 Å². The second-order valence-electron chi connectivity index (χ2n) is 3.09. The fourth-order valence-electron chi connectivity index (χ4n) is 1.36. The summed E-state index contributed by atoms with van der Waals surface area (Å²) in [7, 11) is -0.495. The van der Waals surface area contributed by atoms with Gasteiger partial charge < -0.3 is 0 Å². The molecule has 0 bridgehead atoms. The number of hydrogen-bond donors (Lipinski definition) is 0. The molecule has 1 aliphatic rings. The van der Waals surface area contributed by atoms with Gasteiger partial charge in [0.05, 0.1) is 0 Å². The fourth-order valence-corrected chi connectivity index (χ4v) is 6.99. The summed E-state index contributed by atoms with van der Waals surface area (Å²) in [6.45, 7) is 1.97. The van der Waals surface area contributed by atoms with Gasteiger partial charge in [-0.05, 0) is 45.6 Å². The molecule has 0 aliphatic carbocycles. The molecule has 3 heteroatoms. The van der Waals surface area contributed by atoms with Crippen molar-refractivity contribution in [2.45, 2.75) is 26.2 Å². The van der Waals surface area contributed by atoms with Crippen LogP contribution >= 0.6 is 28.4 Å². The normalized spacial score (nSPS) is 24.9. The number of carbonyl (C=O) groups is 1. The molecule has 1 fully saturated rings. The summed E-state index contributed by atoms with van der Waals surface area (Å²) in [6.07, 6.45) is 3.45. The van der Waals surface area contributed by atoms with Gasteiger partial charge in [-0.15, -0.1) is 0 Å². The minimum absolute atomic E-state index is 0.469. The highest BCUT2D eigenvalue weighted by molar-refractivity contribution is 14.2. The van der Waals surface area contributed by atoms with E-state index in [9.17, 15) is 4.79 Å². The molecule has 1 aliphatic heterocycles. The van der Waals surface area contributed by atoms with Gasteiger partial charge in [0, 0.05) is 12.2 Å². The summed E-state index contributed by atoms with van der Waals surface area (Å²) >= 11 is 2.57. The van der Waals surface area contributed by atoms with Crippen molar-refractivity contribution in [3.8, 4) is 0 Å². The first-order valence-electron chi connectivity index (χ1n) is 4.14. The molecule has 0 radical (unpaired) electrons. The van der Waals surface area contributed by atoms with E-state index in [4.69, 9.17) is 0 Å². The first-order valence-corrected chi connectivity index (χ1v) is 8.82. The van der Waals surface area contributed by atoms with Crippen LogP contribution in [0.1, 0.15) is 26.2 Å². The van der Waals surface area contributed by atoms with E-state index >= 15 is 0 Å². The third-order valence-electron chi connectivity index (χ3n) is 2.08. The second-order valence-corrected chi connectivity index (χ2v) is 11.7. The molecule has 0 unspecified atom stereocenters. The van der Waals surface area contributed by atoms with Crippen molar-refractivity contribution in [3.63, 3.8) is 0 Å². The standard InChI is InChI=1S/C8H15IOS/c1-2-8(10)7-11(9)5-3-4-6-11/h2-7H2,1H3. The van der Waals surface area contributed by atoms with Gasteiger partial charge in [-0.2, -0.15) is 7.20 Å². The van der Waals surface area contributed by atoms with Gasteiger partial charge in [0.2, 0.25) is 0 Å². The Bertz CT molecular complexity index is 152. The molecule has 0 aromatic rings. The van der Waals surface area contributed by atoms with Gasteiger partial charge in [0.15, 0.2) is 0 Å². The molecule has 1 saturated heterocycles. The zero-order valence-corrected chi connectivity index (χ0v) is 9.91. The van der Waals surface area contributed by atoms with Crippen molar-refractivity contribution < 1.29 is 4.79 Å². The Balaban J connectivity index is 2.39. The predicted octanol–water partition coefficient (Wildman–Crippen LogP) is 2.91. The molecule has 0 aromatic heterocycles. The highest BCUT2D eigenvalue weighted by Gasteiger charge is 2.26. The van der Waals surface area contributed by atoms with E-state index in [0.717, 1.165) is 12.2 Å². The largest absolute Gasteiger partial charge is 0.299 e. The van der Waals surface area contributed by atoms with E-state index in [0.29, 0.717) is 5.78 Å². The smallest absolute Gasteiger partial charge is 0.141 e. The van der Waals surface area contributed by atoms with Crippen molar-refractivity contribution >= 4 is 34.2 Å². The van der Waals surface area contributed by atoms with Gasteiger partial charge in [-0.25, -0.2) is 0 Å². The average molecular weight is 286 g/mol. The third kappa shape index (κ3) is 2.93. The molecule has 1 heterocycles. The minimum Gasteiger partial charge on any atom is -0.299 e. The van der Waals surface area contributed by atoms with Gasteiger partial charge in [0.1, 0.15) is 5.78 Å². The molecule has 11 heavy (non-hydrogen) atoms. The number of hydrogen-bond acceptors (Lipinski definition) is 1. The molecule has 0 N–H and O–H groups in total. The molecule has 0 aromatic carbocycles. The van der Waals surface area contributed by atoms with Gasteiger partial charge >= 0.3 is 0 Å². The Morgan fingerprint density at radius 1 is 1.45 bits per heavy atom. The topological polar surface area (TPSA) is 17.1 Å². The highest BCUT2D eigenvalue weighted by atomic mass is 127. The quantitative estimate of drug-likeness (QED) is 0.729. The number of halogens is 1. The van der Waals surface area contributed by atoms with E-state index in [1.54, 1.807) is 0 Å². The lowest BCUT2D eigenvalue weighted by atomic mass is 10.4. The van der Waals surface area contributed by atoms with E-state index in [-0.39, 0.29) is 0 Å². The summed E-state index contributed by atoms with van der Waals surface area (Å²) < 4.78 is 0. The number of rotatable bonds is 3. The van der Waals surface area contributed by atoms with Gasteiger partial charge in [-0.1, -0.05) is 6.92 Å². The number of ketones is 1. The van der Waals surface area contributed by atoms with Crippen LogP contribution in [0.5, 0.6) is 0 Å². The molecule has 0 amide bonds. The van der Waals surface area contributed by atoms with Crippen molar-refractivity contribution in [2.75, 3.05) is 17.3 Å². The Morgan fingerprint density at radius 2 is 2.00 bits per heavy atom. The fraction of sp³-hybridized carbons (Fsp3) is 0.875. The minimum atomic E-state index is -0.495. The molecular formula is C8H15IOS. The summed E-state index contributed by atoms with van der Waals surface area (Å²) in [5.74, 6) is 4.03. The summed E-state index contributed by atoms with van der Waals surface area (Å²) in [6, 6.07) is 0. The first kappa shape index (κ1) is 9.84. The lowest BCUT2D eigenvalue weighted by molar-refractivity contribution is -0.116. The van der Waals surface area contributed by atoms with Crippen molar-refractivity contribution in [1.29, 1.82) is 0 Å². The van der Waals surface area contributed by atoms with Gasteiger partial charge in [-0.3, -0.25) is 4.79 Å². The van der Waals surface area contributed by atoms with E-state index in [2.05, 4.69) is 21.2 Å². The molecule has 0 spiro atoms. The van der Waals surface area contributed by atoms with Crippen LogP contribution in [-0.2, 0) is 4.79 Å². The molecular weight excluding hydrogens is 271 g/mol. The van der Waals surface area contributed by atoms with Gasteiger partial charge in [0.25, 0.3) is 0 Å². The first-order chi connectivity index (χ1) is 5.16. The van der Waals surface area contributed by atoms with Crippen LogP contribution in [-0.4, -0.2) is 23.0 Å². The SMILES string of the molecule is CCC(=O)CS1(I)CCCC1. The number of carbonyl (C=O) groups excluding carboxylic acids is 1. The number of Topliss-reactive ketones (excluding diaryl/α,β-unsaturated/α-hetero) is 1. The molecule has 0 saturated carbocycles. The Kier molecular flexibility index (Phi) is 3.68. The molecule has 66 valence electrons. The van der Waals surface area contributed by atoms with Crippen molar-refractivity contribution in [1.82, 2.24) is 0 Å². The molecule has 1 nitrogen and oxygen atoms in total. The van der Waals surface area contributed by atoms with Crippen LogP contribution in [0.2, 0.25) is 0 Å². The average Bonchev–Trinajstić information content (AvgIpc) is 2.36. The van der Waals surface area contributed by atoms with Crippen LogP contribution in [0.25, 0.3) is 0 Å². The maximum Gasteiger partial charge on any atom is 0.141 e. The van der Waals surface area contributed by atoms with E-state index in [1.807, 2.05) is 6.92 Å². The van der Waals surface area contributed by atoms with Crippen molar-refractivity contribution in [3.05, 3.63) is 0 Å². The highest BCUT2D eigenvalue weighted by Crippen LogP contribution is 2.60. The lowest BCUT2D eigenvalue weighted by Crippen LogP contribution is -2.09. The zero-order valence-electron chi connectivity index (χ0n) is 6.94. The Labute approximate surface area is 82.2 Å². The van der Waals surface area contributed by atoms with Crippen LogP contribution in [0.4, 0.5) is 0 Å². The third-order valence-corrected chi connectivity index (χ3v) is 8.54.